The van der Waals surface area contributed by atoms with Crippen LogP contribution in [0.4, 0.5) is 19.0 Å². The van der Waals surface area contributed by atoms with Crippen LogP contribution in [-0.2, 0) is 13.2 Å². The Morgan fingerprint density at radius 3 is 2.73 bits per heavy atom. The lowest BCUT2D eigenvalue weighted by Gasteiger charge is -2.35. The van der Waals surface area contributed by atoms with Crippen LogP contribution >= 0.6 is 0 Å². The highest BCUT2D eigenvalue weighted by Gasteiger charge is 2.35. The van der Waals surface area contributed by atoms with E-state index in [1.54, 1.807) is 41.0 Å². The van der Waals surface area contributed by atoms with E-state index in [0.29, 0.717) is 24.5 Å². The number of imidazole rings is 1. The number of anilines is 1. The first-order chi connectivity index (χ1) is 14.3. The normalized spacial score (nSPS) is 18.4. The molecule has 1 fully saturated rings. The van der Waals surface area contributed by atoms with Crippen molar-refractivity contribution >= 4 is 5.82 Å². The average molecular weight is 418 g/mol. The van der Waals surface area contributed by atoms with Crippen LogP contribution in [0, 0.1) is 5.92 Å². The monoisotopic (exact) mass is 418 g/mol. The molecule has 2 atom stereocenters. The number of aromatic nitrogens is 5. The van der Waals surface area contributed by atoms with Gasteiger partial charge in [-0.2, -0.15) is 13.2 Å². The minimum atomic E-state index is -4.60. The highest BCUT2D eigenvalue weighted by molar-refractivity contribution is 5.57. The van der Waals surface area contributed by atoms with Crippen LogP contribution in [-0.4, -0.2) is 42.7 Å². The van der Waals surface area contributed by atoms with Gasteiger partial charge >= 0.3 is 6.18 Å². The van der Waals surface area contributed by atoms with Crippen LogP contribution in [0.3, 0.4) is 0 Å². The fourth-order valence-corrected chi connectivity index (χ4v) is 3.71. The first-order valence-electron chi connectivity index (χ1n) is 9.60. The average Bonchev–Trinajstić information content (AvgIpc) is 3.19. The third-order valence-electron chi connectivity index (χ3n) is 5.27. The summed E-state index contributed by atoms with van der Waals surface area (Å²) >= 11 is 0. The number of hydrogen-bond donors (Lipinski definition) is 1. The van der Waals surface area contributed by atoms with Crippen molar-refractivity contribution in [3.8, 4) is 11.4 Å². The molecule has 0 amide bonds. The van der Waals surface area contributed by atoms with Crippen LogP contribution in [0.25, 0.3) is 11.4 Å². The maximum Gasteiger partial charge on any atom is 0.433 e. The number of hydrogen-bond acceptors (Lipinski definition) is 6. The van der Waals surface area contributed by atoms with E-state index in [2.05, 4.69) is 19.9 Å². The van der Waals surface area contributed by atoms with E-state index in [1.807, 2.05) is 0 Å². The molecule has 0 aromatic carbocycles. The van der Waals surface area contributed by atoms with E-state index in [0.717, 1.165) is 18.9 Å². The Bertz CT molecular complexity index is 1010. The molecule has 30 heavy (non-hydrogen) atoms. The lowest BCUT2D eigenvalue weighted by Crippen LogP contribution is -2.39. The molecule has 1 aliphatic rings. The second-order valence-electron chi connectivity index (χ2n) is 7.36. The number of rotatable bonds is 4. The summed E-state index contributed by atoms with van der Waals surface area (Å²) in [6.45, 7) is 0.916. The van der Waals surface area contributed by atoms with Crippen LogP contribution in [0.1, 0.15) is 30.5 Å². The molecule has 1 aliphatic heterocycles. The molecule has 158 valence electrons. The number of aliphatic hydroxyl groups excluding tert-OH is 1. The predicted molar refractivity (Wildman–Crippen MR) is 103 cm³/mol. The number of pyridine rings is 1. The van der Waals surface area contributed by atoms with Crippen molar-refractivity contribution in [2.45, 2.75) is 25.1 Å². The number of aliphatic hydroxyl groups is 1. The molecule has 10 heteroatoms. The van der Waals surface area contributed by atoms with Gasteiger partial charge in [0.25, 0.3) is 0 Å². The summed E-state index contributed by atoms with van der Waals surface area (Å²) in [5.74, 6) is 0.523. The standard InChI is InChI=1S/C20H21F3N6O/c1-28-9-7-25-19(28)17(30)14-5-3-8-29(12-14)16-10-15(20(21,22)23)26-18(27-16)13-4-2-6-24-11-13/h2,4,6-7,9-11,14,17,30H,3,5,8,12H2,1H3. The quantitative estimate of drug-likeness (QED) is 0.701. The number of aryl methyl sites for hydroxylation is 1. The third-order valence-corrected chi connectivity index (χ3v) is 5.27. The van der Waals surface area contributed by atoms with Crippen LogP contribution in [0.15, 0.2) is 43.0 Å². The molecule has 1 N–H and O–H groups in total. The van der Waals surface area contributed by atoms with Crippen molar-refractivity contribution in [1.82, 2.24) is 24.5 Å². The highest BCUT2D eigenvalue weighted by Crippen LogP contribution is 2.34. The zero-order chi connectivity index (χ0) is 21.3. The maximum atomic E-state index is 13.5. The number of alkyl halides is 3. The third kappa shape index (κ3) is 4.13. The van der Waals surface area contributed by atoms with Crippen molar-refractivity contribution in [2.24, 2.45) is 13.0 Å². The zero-order valence-electron chi connectivity index (χ0n) is 16.3. The minimum Gasteiger partial charge on any atom is -0.385 e. The molecule has 0 radical (unpaired) electrons. The summed E-state index contributed by atoms with van der Waals surface area (Å²) in [6, 6.07) is 4.21. The summed E-state index contributed by atoms with van der Waals surface area (Å²) in [4.78, 5) is 18.0. The second kappa shape index (κ2) is 8.02. The van der Waals surface area contributed by atoms with Gasteiger partial charge in [0.1, 0.15) is 17.7 Å². The maximum absolute atomic E-state index is 13.5. The molecule has 4 rings (SSSR count). The van der Waals surface area contributed by atoms with Crippen LogP contribution in [0.2, 0.25) is 0 Å². The Labute approximate surface area is 171 Å². The van der Waals surface area contributed by atoms with Crippen LogP contribution in [0.5, 0.6) is 0 Å². The Morgan fingerprint density at radius 2 is 2.07 bits per heavy atom. The van der Waals surface area contributed by atoms with E-state index >= 15 is 0 Å². The van der Waals surface area contributed by atoms with Gasteiger partial charge in [0, 0.05) is 62.5 Å². The zero-order valence-corrected chi connectivity index (χ0v) is 16.3. The molecule has 3 aromatic heterocycles. The van der Waals surface area contributed by atoms with Gasteiger partial charge in [0.15, 0.2) is 11.5 Å². The molecule has 3 aromatic rings. The summed E-state index contributed by atoms with van der Waals surface area (Å²) < 4.78 is 42.2. The molecule has 0 aliphatic carbocycles. The Balaban J connectivity index is 1.66. The number of halogens is 3. The molecule has 1 saturated heterocycles. The van der Waals surface area contributed by atoms with Gasteiger partial charge in [-0.05, 0) is 25.0 Å². The van der Waals surface area contributed by atoms with Crippen molar-refractivity contribution < 1.29 is 18.3 Å². The van der Waals surface area contributed by atoms with Crippen LogP contribution < -0.4 is 4.90 Å². The predicted octanol–water partition coefficient (Wildman–Crippen LogP) is 3.24. The van der Waals surface area contributed by atoms with E-state index in [-0.39, 0.29) is 17.6 Å². The first kappa shape index (κ1) is 20.3. The Kier molecular flexibility index (Phi) is 5.42. The summed E-state index contributed by atoms with van der Waals surface area (Å²) in [6.07, 6.45) is 2.39. The molecule has 4 heterocycles. The Hall–Kier alpha value is -3.01. The van der Waals surface area contributed by atoms with Crippen molar-refractivity contribution in [1.29, 1.82) is 0 Å². The molecule has 7 nitrogen and oxygen atoms in total. The summed E-state index contributed by atoms with van der Waals surface area (Å²) in [7, 11) is 1.80. The largest absolute Gasteiger partial charge is 0.433 e. The number of nitrogens with zero attached hydrogens (tertiary/aromatic N) is 6. The van der Waals surface area contributed by atoms with Gasteiger partial charge in [-0.3, -0.25) is 4.98 Å². The SMILES string of the molecule is Cn1ccnc1C(O)C1CCCN(c2cc(C(F)(F)F)nc(-c3cccnc3)n2)C1. The van der Waals surface area contributed by atoms with Gasteiger partial charge in [0.05, 0.1) is 0 Å². The van der Waals surface area contributed by atoms with Gasteiger partial charge in [-0.1, -0.05) is 0 Å². The molecule has 2 unspecified atom stereocenters. The number of piperidine rings is 1. The van der Waals surface area contributed by atoms with Crippen molar-refractivity contribution in [3.63, 3.8) is 0 Å². The summed E-state index contributed by atoms with van der Waals surface area (Å²) in [5, 5.41) is 10.8. The lowest BCUT2D eigenvalue weighted by atomic mass is 9.92. The van der Waals surface area contributed by atoms with Gasteiger partial charge in [-0.15, -0.1) is 0 Å². The second-order valence-corrected chi connectivity index (χ2v) is 7.36. The molecular formula is C20H21F3N6O. The van der Waals surface area contributed by atoms with E-state index in [4.69, 9.17) is 0 Å². The fourth-order valence-electron chi connectivity index (χ4n) is 3.71. The molecule has 0 bridgehead atoms. The highest BCUT2D eigenvalue weighted by atomic mass is 19.4. The fraction of sp³-hybridized carbons (Fsp3) is 0.400. The summed E-state index contributed by atoms with van der Waals surface area (Å²) in [5.41, 5.74) is -0.593. The van der Waals surface area contributed by atoms with Gasteiger partial charge in [-0.25, -0.2) is 15.0 Å². The lowest BCUT2D eigenvalue weighted by molar-refractivity contribution is -0.141. The topological polar surface area (TPSA) is 80.0 Å². The minimum absolute atomic E-state index is 0.0281. The van der Waals surface area contributed by atoms with Gasteiger partial charge < -0.3 is 14.6 Å². The van der Waals surface area contributed by atoms with Crippen molar-refractivity contribution in [2.75, 3.05) is 18.0 Å². The van der Waals surface area contributed by atoms with Crippen molar-refractivity contribution in [3.05, 3.63) is 54.5 Å². The molecule has 0 saturated carbocycles. The van der Waals surface area contributed by atoms with E-state index < -0.39 is 18.0 Å². The smallest absolute Gasteiger partial charge is 0.385 e. The Morgan fingerprint density at radius 1 is 1.23 bits per heavy atom. The van der Waals surface area contributed by atoms with E-state index in [9.17, 15) is 18.3 Å². The van der Waals surface area contributed by atoms with Gasteiger partial charge in [0.2, 0.25) is 0 Å². The van der Waals surface area contributed by atoms with E-state index in [1.165, 1.54) is 12.4 Å². The molecular weight excluding hydrogens is 397 g/mol. The first-order valence-corrected chi connectivity index (χ1v) is 9.60. The molecule has 0 spiro atoms.